The minimum atomic E-state index is -0.395. The molecule has 2 rings (SSSR count). The zero-order chi connectivity index (χ0) is 12.6. The third-order valence-electron chi connectivity index (χ3n) is 2.78. The molecule has 2 aromatic rings. The predicted molar refractivity (Wildman–Crippen MR) is 70.3 cm³/mol. The van der Waals surface area contributed by atoms with Gasteiger partial charge in [-0.25, -0.2) is 4.98 Å². The van der Waals surface area contributed by atoms with Gasteiger partial charge in [0.2, 0.25) is 0 Å². The Labute approximate surface area is 102 Å². The fraction of sp³-hybridized carbons (Fsp3) is 0.357. The van der Waals surface area contributed by atoms with Crippen molar-refractivity contribution in [2.24, 2.45) is 5.73 Å². The van der Waals surface area contributed by atoms with E-state index in [1.165, 1.54) is 11.1 Å². The molecule has 90 valence electrons. The van der Waals surface area contributed by atoms with Gasteiger partial charge in [-0.15, -0.1) is 0 Å². The Morgan fingerprint density at radius 3 is 2.24 bits per heavy atom. The third kappa shape index (κ3) is 2.39. The Kier molecular flexibility index (Phi) is 2.79. The van der Waals surface area contributed by atoms with Crippen LogP contribution >= 0.6 is 0 Å². The first kappa shape index (κ1) is 11.9. The standard InChI is InChI=1S/C14H19N3/c1-10-5-11(2)7-12(6-10)17-9-16-8-13(17)14(3,4)15/h5-9H,15H2,1-4H3. The number of hydrogen-bond donors (Lipinski definition) is 1. The summed E-state index contributed by atoms with van der Waals surface area (Å²) in [4.78, 5) is 4.21. The molecule has 1 aromatic carbocycles. The molecule has 3 nitrogen and oxygen atoms in total. The Morgan fingerprint density at radius 1 is 1.12 bits per heavy atom. The van der Waals surface area contributed by atoms with Gasteiger partial charge in [0.25, 0.3) is 0 Å². The molecule has 3 heteroatoms. The van der Waals surface area contributed by atoms with Gasteiger partial charge in [-0.1, -0.05) is 6.07 Å². The topological polar surface area (TPSA) is 43.8 Å². The summed E-state index contributed by atoms with van der Waals surface area (Å²) in [5, 5.41) is 0. The lowest BCUT2D eigenvalue weighted by Crippen LogP contribution is -2.31. The summed E-state index contributed by atoms with van der Waals surface area (Å²) in [5.74, 6) is 0. The summed E-state index contributed by atoms with van der Waals surface area (Å²) in [7, 11) is 0. The zero-order valence-corrected chi connectivity index (χ0v) is 10.9. The summed E-state index contributed by atoms with van der Waals surface area (Å²) >= 11 is 0. The van der Waals surface area contributed by atoms with Crippen LogP contribution in [0.1, 0.15) is 30.7 Å². The third-order valence-corrected chi connectivity index (χ3v) is 2.78. The fourth-order valence-electron chi connectivity index (χ4n) is 2.07. The molecule has 0 aliphatic carbocycles. The molecule has 1 heterocycles. The van der Waals surface area contributed by atoms with E-state index in [4.69, 9.17) is 5.73 Å². The van der Waals surface area contributed by atoms with E-state index in [0.717, 1.165) is 11.4 Å². The van der Waals surface area contributed by atoms with Crippen LogP contribution in [0.4, 0.5) is 0 Å². The largest absolute Gasteiger partial charge is 0.321 e. The Bertz CT molecular complexity index is 512. The van der Waals surface area contributed by atoms with Crippen LogP contribution in [0.25, 0.3) is 5.69 Å². The molecule has 0 amide bonds. The highest BCUT2D eigenvalue weighted by molar-refractivity contribution is 5.41. The highest BCUT2D eigenvalue weighted by Crippen LogP contribution is 2.22. The SMILES string of the molecule is Cc1cc(C)cc(-n2cncc2C(C)(C)N)c1. The molecule has 0 bridgehead atoms. The molecule has 17 heavy (non-hydrogen) atoms. The van der Waals surface area contributed by atoms with Crippen LogP contribution in [0, 0.1) is 13.8 Å². The van der Waals surface area contributed by atoms with Crippen molar-refractivity contribution >= 4 is 0 Å². The maximum atomic E-state index is 6.15. The molecular formula is C14H19N3. The van der Waals surface area contributed by atoms with Crippen LogP contribution in [0.2, 0.25) is 0 Å². The van der Waals surface area contributed by atoms with Gasteiger partial charge >= 0.3 is 0 Å². The van der Waals surface area contributed by atoms with Crippen LogP contribution < -0.4 is 5.73 Å². The van der Waals surface area contributed by atoms with Gasteiger partial charge in [0.15, 0.2) is 0 Å². The minimum Gasteiger partial charge on any atom is -0.321 e. The zero-order valence-electron chi connectivity index (χ0n) is 10.9. The summed E-state index contributed by atoms with van der Waals surface area (Å²) in [6, 6.07) is 6.45. The van der Waals surface area contributed by atoms with Crippen molar-refractivity contribution in [2.75, 3.05) is 0 Å². The lowest BCUT2D eigenvalue weighted by Gasteiger charge is -2.21. The first-order valence-electron chi connectivity index (χ1n) is 5.78. The maximum absolute atomic E-state index is 6.15. The lowest BCUT2D eigenvalue weighted by atomic mass is 10.0. The second-order valence-corrected chi connectivity index (χ2v) is 5.22. The first-order chi connectivity index (χ1) is 7.88. The molecule has 0 aliphatic rings. The quantitative estimate of drug-likeness (QED) is 0.860. The van der Waals surface area contributed by atoms with E-state index < -0.39 is 5.54 Å². The normalized spacial score (nSPS) is 11.8. The number of aromatic nitrogens is 2. The fourth-order valence-corrected chi connectivity index (χ4v) is 2.07. The van der Waals surface area contributed by atoms with E-state index in [1.54, 1.807) is 0 Å². The van der Waals surface area contributed by atoms with Crippen LogP contribution in [-0.2, 0) is 5.54 Å². The number of nitrogens with two attached hydrogens (primary N) is 1. The van der Waals surface area contributed by atoms with E-state index in [9.17, 15) is 0 Å². The Morgan fingerprint density at radius 2 is 1.71 bits per heavy atom. The number of nitrogens with zero attached hydrogens (tertiary/aromatic N) is 2. The maximum Gasteiger partial charge on any atom is 0.0994 e. The minimum absolute atomic E-state index is 0.395. The molecule has 0 spiro atoms. The molecule has 0 saturated heterocycles. The van der Waals surface area contributed by atoms with Gasteiger partial charge in [-0.05, 0) is 51.0 Å². The summed E-state index contributed by atoms with van der Waals surface area (Å²) in [5.41, 5.74) is 10.4. The first-order valence-corrected chi connectivity index (χ1v) is 5.78. The van der Waals surface area contributed by atoms with Crippen molar-refractivity contribution in [1.29, 1.82) is 0 Å². The molecule has 0 fully saturated rings. The van der Waals surface area contributed by atoms with Crippen LogP contribution in [0.3, 0.4) is 0 Å². The highest BCUT2D eigenvalue weighted by atomic mass is 15.1. The second kappa shape index (κ2) is 4.00. The van der Waals surface area contributed by atoms with Crippen molar-refractivity contribution in [2.45, 2.75) is 33.2 Å². The molecule has 0 atom stereocenters. The summed E-state index contributed by atoms with van der Waals surface area (Å²) in [6.45, 7) is 8.17. The van der Waals surface area contributed by atoms with Gasteiger partial charge in [-0.2, -0.15) is 0 Å². The lowest BCUT2D eigenvalue weighted by molar-refractivity contribution is 0.524. The van der Waals surface area contributed by atoms with Gasteiger partial charge in [0.05, 0.1) is 23.8 Å². The molecule has 1 aromatic heterocycles. The van der Waals surface area contributed by atoms with Crippen LogP contribution in [0.5, 0.6) is 0 Å². The molecular weight excluding hydrogens is 210 g/mol. The molecule has 2 N–H and O–H groups in total. The second-order valence-electron chi connectivity index (χ2n) is 5.22. The van der Waals surface area contributed by atoms with Crippen molar-refractivity contribution in [3.05, 3.63) is 47.5 Å². The van der Waals surface area contributed by atoms with E-state index in [1.807, 2.05) is 26.4 Å². The van der Waals surface area contributed by atoms with E-state index in [0.29, 0.717) is 0 Å². The van der Waals surface area contributed by atoms with Gasteiger partial charge in [-0.3, -0.25) is 0 Å². The molecule has 0 aliphatic heterocycles. The van der Waals surface area contributed by atoms with Gasteiger partial charge in [0, 0.05) is 5.69 Å². The number of aryl methyl sites for hydroxylation is 2. The number of imidazole rings is 1. The molecule has 0 unspecified atom stereocenters. The smallest absolute Gasteiger partial charge is 0.0994 e. The summed E-state index contributed by atoms with van der Waals surface area (Å²) < 4.78 is 2.06. The monoisotopic (exact) mass is 229 g/mol. The van der Waals surface area contributed by atoms with E-state index >= 15 is 0 Å². The number of benzene rings is 1. The van der Waals surface area contributed by atoms with Crippen LogP contribution in [-0.4, -0.2) is 9.55 Å². The average Bonchev–Trinajstić information content (AvgIpc) is 2.63. The predicted octanol–water partition coefficient (Wildman–Crippen LogP) is 2.68. The van der Waals surface area contributed by atoms with Crippen LogP contribution in [0.15, 0.2) is 30.7 Å². The molecule has 0 saturated carbocycles. The Hall–Kier alpha value is -1.61. The van der Waals surface area contributed by atoms with E-state index in [2.05, 4.69) is 41.6 Å². The van der Waals surface area contributed by atoms with Crippen molar-refractivity contribution in [3.8, 4) is 5.69 Å². The summed E-state index contributed by atoms with van der Waals surface area (Å²) in [6.07, 6.45) is 3.65. The van der Waals surface area contributed by atoms with Crippen molar-refractivity contribution in [1.82, 2.24) is 9.55 Å². The highest BCUT2D eigenvalue weighted by Gasteiger charge is 2.19. The van der Waals surface area contributed by atoms with Crippen molar-refractivity contribution < 1.29 is 0 Å². The van der Waals surface area contributed by atoms with Gasteiger partial charge in [0.1, 0.15) is 0 Å². The average molecular weight is 229 g/mol. The Balaban J connectivity index is 2.57. The molecule has 0 radical (unpaired) electrons. The van der Waals surface area contributed by atoms with E-state index in [-0.39, 0.29) is 0 Å². The number of rotatable bonds is 2. The van der Waals surface area contributed by atoms with Gasteiger partial charge < -0.3 is 10.3 Å². The van der Waals surface area contributed by atoms with Crippen molar-refractivity contribution in [3.63, 3.8) is 0 Å². The number of hydrogen-bond acceptors (Lipinski definition) is 2.